The van der Waals surface area contributed by atoms with Crippen molar-refractivity contribution in [3.63, 3.8) is 0 Å². The molecule has 7 rings (SSSR count). The summed E-state index contributed by atoms with van der Waals surface area (Å²) in [5, 5.41) is 0. The smallest absolute Gasteiger partial charge is 0.326 e. The van der Waals surface area contributed by atoms with Gasteiger partial charge in [-0.1, -0.05) is 66.7 Å². The minimum Gasteiger partial charge on any atom is -0.456 e. The molecule has 3 fully saturated rings. The van der Waals surface area contributed by atoms with Crippen molar-refractivity contribution in [3.8, 4) is 11.1 Å². The number of allylic oxidation sites excluding steroid dienone is 2. The Labute approximate surface area is 191 Å². The van der Waals surface area contributed by atoms with Gasteiger partial charge in [0.15, 0.2) is 12.4 Å². The van der Waals surface area contributed by atoms with E-state index in [0.717, 1.165) is 22.4 Å². The van der Waals surface area contributed by atoms with Crippen molar-refractivity contribution < 1.29 is 23.9 Å². The predicted octanol–water partition coefficient (Wildman–Crippen LogP) is 3.13. The first-order chi connectivity index (χ1) is 16.0. The zero-order chi connectivity index (χ0) is 22.7. The number of Topliss-reactive ketones (excluding diaryl/α,β-unsaturated/α-hetero) is 1. The topological polar surface area (TPSA) is 80.8 Å². The second-order valence-corrected chi connectivity index (χ2v) is 9.44. The number of nitrogens with zero attached hydrogens (tertiary/aromatic N) is 1. The van der Waals surface area contributed by atoms with E-state index < -0.39 is 19.1 Å². The van der Waals surface area contributed by atoms with Gasteiger partial charge in [-0.2, -0.15) is 0 Å². The number of rotatable bonds is 6. The van der Waals surface area contributed by atoms with Crippen LogP contribution in [0.25, 0.3) is 11.1 Å². The first kappa shape index (κ1) is 20.1. The van der Waals surface area contributed by atoms with Crippen LogP contribution in [0.3, 0.4) is 0 Å². The third-order valence-corrected chi connectivity index (χ3v) is 7.72. The monoisotopic (exact) mass is 441 g/mol. The van der Waals surface area contributed by atoms with Gasteiger partial charge in [0.25, 0.3) is 0 Å². The van der Waals surface area contributed by atoms with Crippen LogP contribution in [-0.2, 0) is 19.1 Å². The molecule has 6 heteroatoms. The van der Waals surface area contributed by atoms with Gasteiger partial charge >= 0.3 is 5.97 Å². The summed E-state index contributed by atoms with van der Waals surface area (Å²) in [6.07, 6.45) is 5.27. The molecule has 0 spiro atoms. The highest BCUT2D eigenvalue weighted by Crippen LogP contribution is 2.65. The average molecular weight is 441 g/mol. The number of benzene rings is 2. The molecule has 33 heavy (non-hydrogen) atoms. The maximum atomic E-state index is 12.9. The van der Waals surface area contributed by atoms with E-state index >= 15 is 0 Å². The zero-order valence-corrected chi connectivity index (χ0v) is 17.9. The Bertz CT molecular complexity index is 1150. The molecule has 166 valence electrons. The number of likely N-dealkylation sites (tertiary alicyclic amines) is 1. The van der Waals surface area contributed by atoms with Crippen molar-refractivity contribution in [1.29, 1.82) is 0 Å². The number of hydrogen-bond acceptors (Lipinski definition) is 5. The van der Waals surface area contributed by atoms with Crippen LogP contribution in [0.4, 0.5) is 0 Å². The van der Waals surface area contributed by atoms with E-state index in [-0.39, 0.29) is 41.3 Å². The van der Waals surface area contributed by atoms with Crippen LogP contribution in [0.1, 0.15) is 16.8 Å². The van der Waals surface area contributed by atoms with Crippen molar-refractivity contribution in [2.75, 3.05) is 13.2 Å². The fourth-order valence-electron chi connectivity index (χ4n) is 6.06. The first-order valence-corrected chi connectivity index (χ1v) is 11.4. The number of ether oxygens (including phenoxy) is 1. The van der Waals surface area contributed by atoms with Crippen molar-refractivity contribution >= 4 is 23.6 Å². The fourth-order valence-corrected chi connectivity index (χ4v) is 6.06. The van der Waals surface area contributed by atoms with E-state index in [9.17, 15) is 19.2 Å². The summed E-state index contributed by atoms with van der Waals surface area (Å²) in [6, 6.07) is 16.9. The molecular weight excluding hydrogens is 418 g/mol. The Morgan fingerprint density at radius 1 is 0.818 bits per heavy atom. The molecule has 2 amide bonds. The predicted molar refractivity (Wildman–Crippen MR) is 119 cm³/mol. The second-order valence-electron chi connectivity index (χ2n) is 9.44. The standard InChI is InChI=1S/C27H23NO5/c29-22(17-8-6-16(7-9-17)15-4-2-1-3-5-15)14-33-23(30)13-28-26(31)24-18-10-11-19(21-12-20(18)21)25(24)27(28)32/h1-11,18-21,24-25H,12-14H2/t18-,19-,20-,21-,24+,25+/m1/s1. The van der Waals surface area contributed by atoms with Crippen LogP contribution in [0.2, 0.25) is 0 Å². The molecule has 2 aromatic rings. The lowest BCUT2D eigenvalue weighted by molar-refractivity contribution is -0.152. The van der Waals surface area contributed by atoms with Gasteiger partial charge in [0.1, 0.15) is 6.54 Å². The van der Waals surface area contributed by atoms with Crippen LogP contribution >= 0.6 is 0 Å². The Morgan fingerprint density at radius 2 is 1.39 bits per heavy atom. The third-order valence-electron chi connectivity index (χ3n) is 7.72. The lowest BCUT2D eigenvalue weighted by Crippen LogP contribution is -2.40. The average Bonchev–Trinajstić information content (AvgIpc) is 3.64. The number of carbonyl (C=O) groups excluding carboxylic acids is 4. The number of hydrogen-bond donors (Lipinski definition) is 0. The van der Waals surface area contributed by atoms with E-state index in [0.29, 0.717) is 17.4 Å². The highest BCUT2D eigenvalue weighted by atomic mass is 16.5. The Hall–Kier alpha value is -3.54. The zero-order valence-electron chi connectivity index (χ0n) is 17.9. The molecule has 0 aromatic heterocycles. The molecule has 0 unspecified atom stereocenters. The van der Waals surface area contributed by atoms with E-state index in [1.807, 2.05) is 42.5 Å². The minimum absolute atomic E-state index is 0.114. The highest BCUT2D eigenvalue weighted by Gasteiger charge is 2.67. The molecule has 1 heterocycles. The maximum Gasteiger partial charge on any atom is 0.326 e. The number of ketones is 1. The second kappa shape index (κ2) is 7.51. The van der Waals surface area contributed by atoms with Gasteiger partial charge in [-0.15, -0.1) is 0 Å². The summed E-state index contributed by atoms with van der Waals surface area (Å²) in [6.45, 7) is -0.858. The van der Waals surface area contributed by atoms with Crippen molar-refractivity contribution in [2.24, 2.45) is 35.5 Å². The van der Waals surface area contributed by atoms with Crippen molar-refractivity contribution in [1.82, 2.24) is 4.90 Å². The minimum atomic E-state index is -0.741. The molecular formula is C27H23NO5. The lowest BCUT2D eigenvalue weighted by Gasteiger charge is -2.37. The third kappa shape index (κ3) is 3.24. The molecule has 0 N–H and O–H groups in total. The largest absolute Gasteiger partial charge is 0.456 e. The van der Waals surface area contributed by atoms with Gasteiger partial charge in [-0.3, -0.25) is 24.1 Å². The van der Waals surface area contributed by atoms with Gasteiger partial charge < -0.3 is 4.74 Å². The molecule has 6 nitrogen and oxygen atoms in total. The molecule has 0 radical (unpaired) electrons. The first-order valence-electron chi connectivity index (χ1n) is 11.4. The molecule has 4 aliphatic carbocycles. The molecule has 5 aliphatic rings. The Kier molecular flexibility index (Phi) is 4.57. The van der Waals surface area contributed by atoms with Gasteiger partial charge in [0, 0.05) is 5.56 Å². The summed E-state index contributed by atoms with van der Waals surface area (Å²) < 4.78 is 5.13. The van der Waals surface area contributed by atoms with Gasteiger partial charge in [-0.25, -0.2) is 0 Å². The van der Waals surface area contributed by atoms with Crippen LogP contribution < -0.4 is 0 Å². The summed E-state index contributed by atoms with van der Waals surface area (Å²) >= 11 is 0. The summed E-state index contributed by atoms with van der Waals surface area (Å²) in [5.41, 5.74) is 2.46. The normalized spacial score (nSPS) is 30.7. The number of imide groups is 1. The molecule has 1 saturated heterocycles. The van der Waals surface area contributed by atoms with Crippen molar-refractivity contribution in [3.05, 3.63) is 72.3 Å². The van der Waals surface area contributed by atoms with Gasteiger partial charge in [-0.05, 0) is 41.2 Å². The van der Waals surface area contributed by atoms with E-state index in [4.69, 9.17) is 4.74 Å². The fraction of sp³-hybridized carbons (Fsp3) is 0.333. The van der Waals surface area contributed by atoms with Gasteiger partial charge in [0.2, 0.25) is 11.8 Å². The summed E-state index contributed by atoms with van der Waals surface area (Å²) in [4.78, 5) is 51.8. The van der Waals surface area contributed by atoms with Crippen molar-refractivity contribution in [2.45, 2.75) is 6.42 Å². The number of carbonyl (C=O) groups is 4. The maximum absolute atomic E-state index is 12.9. The molecule has 1 aliphatic heterocycles. The summed E-state index contributed by atoms with van der Waals surface area (Å²) in [7, 11) is 0. The quantitative estimate of drug-likeness (QED) is 0.298. The van der Waals surface area contributed by atoms with E-state index in [1.165, 1.54) is 0 Å². The SMILES string of the molecule is O=C(CN1C(=O)[C@H]2[C@@H]3C=C[C@H]([C@H]4C[C@H]34)[C@@H]2C1=O)OCC(=O)c1ccc(-c2ccccc2)cc1. The van der Waals surface area contributed by atoms with Crippen LogP contribution in [-0.4, -0.2) is 41.6 Å². The molecule has 6 atom stereocenters. The number of amides is 2. The number of esters is 1. The molecule has 2 aromatic carbocycles. The Balaban J connectivity index is 1.06. The van der Waals surface area contributed by atoms with Gasteiger partial charge in [0.05, 0.1) is 11.8 Å². The molecule has 2 saturated carbocycles. The van der Waals surface area contributed by atoms with Crippen LogP contribution in [0.5, 0.6) is 0 Å². The highest BCUT2D eigenvalue weighted by molar-refractivity contribution is 6.08. The molecule has 2 bridgehead atoms. The summed E-state index contributed by atoms with van der Waals surface area (Å²) in [5.74, 6) is -1.04. The lowest BCUT2D eigenvalue weighted by atomic mass is 9.63. The van der Waals surface area contributed by atoms with E-state index in [1.54, 1.807) is 12.1 Å². The van der Waals surface area contributed by atoms with E-state index in [2.05, 4.69) is 12.2 Å². The Morgan fingerprint density at radius 3 is 2.00 bits per heavy atom. The van der Waals surface area contributed by atoms with Crippen LogP contribution in [0.15, 0.2) is 66.7 Å². The van der Waals surface area contributed by atoms with Crippen LogP contribution in [0, 0.1) is 35.5 Å².